The van der Waals surface area contributed by atoms with E-state index in [4.69, 9.17) is 27.9 Å². The third-order valence-corrected chi connectivity index (χ3v) is 2.82. The van der Waals surface area contributed by atoms with E-state index < -0.39 is 0 Å². The van der Waals surface area contributed by atoms with Crippen molar-refractivity contribution in [3.8, 4) is 0 Å². The molecule has 0 aliphatic rings. The molecular formula is C11H20Cl2O2. The molecule has 0 unspecified atom stereocenters. The lowest BCUT2D eigenvalue weighted by Gasteiger charge is -2.11. The smallest absolute Gasteiger partial charge is 0.306 e. The van der Waals surface area contributed by atoms with Crippen molar-refractivity contribution >= 4 is 29.2 Å². The summed E-state index contributed by atoms with van der Waals surface area (Å²) in [7, 11) is 0. The average molecular weight is 255 g/mol. The lowest BCUT2D eigenvalue weighted by atomic mass is 10.1. The van der Waals surface area contributed by atoms with Gasteiger partial charge in [0.15, 0.2) is 0 Å². The third kappa shape index (κ3) is 9.01. The Hall–Kier alpha value is 0.0500. The summed E-state index contributed by atoms with van der Waals surface area (Å²) >= 11 is 11.1. The van der Waals surface area contributed by atoms with Crippen molar-refractivity contribution < 1.29 is 9.53 Å². The van der Waals surface area contributed by atoms with E-state index in [9.17, 15) is 4.79 Å². The molecule has 0 heterocycles. The topological polar surface area (TPSA) is 26.3 Å². The van der Waals surface area contributed by atoms with E-state index in [0.717, 1.165) is 12.8 Å². The van der Waals surface area contributed by atoms with Crippen molar-refractivity contribution in [3.05, 3.63) is 0 Å². The first kappa shape index (κ1) is 15.0. The fraction of sp³-hybridized carbons (Fsp3) is 0.909. The number of hydrogen-bond acceptors (Lipinski definition) is 2. The zero-order chi connectivity index (χ0) is 11.5. The van der Waals surface area contributed by atoms with Gasteiger partial charge in [0.1, 0.15) is 6.10 Å². The van der Waals surface area contributed by atoms with Crippen LogP contribution in [0.1, 0.15) is 45.4 Å². The normalized spacial score (nSPS) is 10.7. The summed E-state index contributed by atoms with van der Waals surface area (Å²) in [5.74, 6) is 0.355. The van der Waals surface area contributed by atoms with Crippen molar-refractivity contribution in [1.82, 2.24) is 0 Å². The van der Waals surface area contributed by atoms with Gasteiger partial charge in [-0.3, -0.25) is 4.79 Å². The number of alkyl halides is 2. The summed E-state index contributed by atoms with van der Waals surface area (Å²) in [6.45, 7) is 2.17. The first-order valence-electron chi connectivity index (χ1n) is 5.56. The molecule has 0 aromatic carbocycles. The number of ether oxygens (including phenoxy) is 1. The Balaban J connectivity index is 3.40. The molecule has 0 aromatic rings. The molecule has 0 saturated heterocycles. The van der Waals surface area contributed by atoms with Crippen LogP contribution in [0.2, 0.25) is 0 Å². The molecule has 0 N–H and O–H groups in total. The second-order valence-electron chi connectivity index (χ2n) is 3.58. The van der Waals surface area contributed by atoms with Gasteiger partial charge in [0.25, 0.3) is 0 Å². The standard InChI is InChI=1S/C11H20Cl2O2/c1-2-3-4-5-6-7-11(14)15-10(8-12)9-13/h10H,2-9H2,1H3. The average Bonchev–Trinajstić information content (AvgIpc) is 2.25. The Kier molecular flexibility index (Phi) is 10.6. The molecule has 0 amide bonds. The maximum absolute atomic E-state index is 11.3. The SMILES string of the molecule is CCCCCCCC(=O)OC(CCl)CCl. The van der Waals surface area contributed by atoms with Gasteiger partial charge < -0.3 is 4.74 Å². The molecule has 0 saturated carbocycles. The summed E-state index contributed by atoms with van der Waals surface area (Å²) in [5, 5.41) is 0. The Morgan fingerprint density at radius 3 is 2.27 bits per heavy atom. The van der Waals surface area contributed by atoms with Crippen LogP contribution in [0, 0.1) is 0 Å². The molecule has 15 heavy (non-hydrogen) atoms. The lowest BCUT2D eigenvalue weighted by Crippen LogP contribution is -2.21. The maximum atomic E-state index is 11.3. The number of unbranched alkanes of at least 4 members (excludes halogenated alkanes) is 4. The minimum Gasteiger partial charge on any atom is -0.460 e. The number of rotatable bonds is 9. The molecular weight excluding hydrogens is 235 g/mol. The van der Waals surface area contributed by atoms with Gasteiger partial charge in [0, 0.05) is 6.42 Å². The van der Waals surface area contributed by atoms with E-state index >= 15 is 0 Å². The molecule has 0 fully saturated rings. The molecule has 0 bridgehead atoms. The predicted molar refractivity (Wildman–Crippen MR) is 64.7 cm³/mol. The van der Waals surface area contributed by atoms with E-state index in [0.29, 0.717) is 6.42 Å². The van der Waals surface area contributed by atoms with Gasteiger partial charge >= 0.3 is 5.97 Å². The molecule has 0 aliphatic carbocycles. The first-order chi connectivity index (χ1) is 7.24. The summed E-state index contributed by atoms with van der Waals surface area (Å²) in [5.41, 5.74) is 0. The van der Waals surface area contributed by atoms with Crippen LogP contribution in [0.4, 0.5) is 0 Å². The summed E-state index contributed by atoms with van der Waals surface area (Å²) in [6.07, 6.45) is 5.78. The molecule has 0 aromatic heterocycles. The van der Waals surface area contributed by atoms with E-state index in [1.54, 1.807) is 0 Å². The predicted octanol–water partition coefficient (Wildman–Crippen LogP) is 3.74. The second kappa shape index (κ2) is 10.6. The van der Waals surface area contributed by atoms with E-state index in [1.807, 2.05) is 0 Å². The van der Waals surface area contributed by atoms with Gasteiger partial charge in [-0.25, -0.2) is 0 Å². The van der Waals surface area contributed by atoms with Crippen molar-refractivity contribution in [1.29, 1.82) is 0 Å². The van der Waals surface area contributed by atoms with Crippen LogP contribution in [0.3, 0.4) is 0 Å². The lowest BCUT2D eigenvalue weighted by molar-refractivity contribution is -0.147. The fourth-order valence-electron chi connectivity index (χ4n) is 1.22. The minimum atomic E-state index is -0.337. The molecule has 0 aliphatic heterocycles. The second-order valence-corrected chi connectivity index (χ2v) is 4.20. The van der Waals surface area contributed by atoms with Crippen LogP contribution < -0.4 is 0 Å². The summed E-state index contributed by atoms with van der Waals surface area (Å²) in [6, 6.07) is 0. The zero-order valence-electron chi connectivity index (χ0n) is 9.31. The number of esters is 1. The Morgan fingerprint density at radius 1 is 1.13 bits per heavy atom. The molecule has 0 radical (unpaired) electrons. The van der Waals surface area contributed by atoms with Crippen LogP contribution in [0.15, 0.2) is 0 Å². The number of carbonyl (C=O) groups is 1. The Labute approximate surface area is 102 Å². The van der Waals surface area contributed by atoms with Crippen molar-refractivity contribution in [2.75, 3.05) is 11.8 Å². The maximum Gasteiger partial charge on any atom is 0.306 e. The molecule has 90 valence electrons. The first-order valence-corrected chi connectivity index (χ1v) is 6.62. The van der Waals surface area contributed by atoms with Crippen LogP contribution >= 0.6 is 23.2 Å². The Morgan fingerprint density at radius 2 is 1.73 bits per heavy atom. The van der Waals surface area contributed by atoms with Gasteiger partial charge in [-0.15, -0.1) is 23.2 Å². The largest absolute Gasteiger partial charge is 0.460 e. The highest BCUT2D eigenvalue weighted by Gasteiger charge is 2.11. The van der Waals surface area contributed by atoms with Crippen molar-refractivity contribution in [2.45, 2.75) is 51.6 Å². The number of halogens is 2. The molecule has 2 nitrogen and oxygen atoms in total. The molecule has 0 spiro atoms. The zero-order valence-corrected chi connectivity index (χ0v) is 10.8. The molecule has 4 heteroatoms. The number of hydrogen-bond donors (Lipinski definition) is 0. The van der Waals surface area contributed by atoms with E-state index in [1.165, 1.54) is 19.3 Å². The van der Waals surface area contributed by atoms with Crippen LogP contribution in [0.5, 0.6) is 0 Å². The van der Waals surface area contributed by atoms with Gasteiger partial charge in [-0.2, -0.15) is 0 Å². The Bertz CT molecular complexity index is 159. The minimum absolute atomic E-state index is 0.183. The van der Waals surface area contributed by atoms with Crippen molar-refractivity contribution in [3.63, 3.8) is 0 Å². The highest BCUT2D eigenvalue weighted by atomic mass is 35.5. The van der Waals surface area contributed by atoms with Crippen molar-refractivity contribution in [2.24, 2.45) is 0 Å². The van der Waals surface area contributed by atoms with E-state index in [2.05, 4.69) is 6.92 Å². The van der Waals surface area contributed by atoms with Gasteiger partial charge in [0.2, 0.25) is 0 Å². The van der Waals surface area contributed by atoms with Crippen LogP contribution in [-0.4, -0.2) is 23.8 Å². The fourth-order valence-corrected chi connectivity index (χ4v) is 1.68. The highest BCUT2D eigenvalue weighted by Crippen LogP contribution is 2.07. The third-order valence-electron chi connectivity index (χ3n) is 2.13. The van der Waals surface area contributed by atoms with Gasteiger partial charge in [-0.1, -0.05) is 32.6 Å². The quantitative estimate of drug-likeness (QED) is 0.356. The van der Waals surface area contributed by atoms with Gasteiger partial charge in [0.05, 0.1) is 11.8 Å². The summed E-state index contributed by atoms with van der Waals surface area (Å²) in [4.78, 5) is 11.3. The molecule has 0 rings (SSSR count). The van der Waals surface area contributed by atoms with Crippen LogP contribution in [0.25, 0.3) is 0 Å². The van der Waals surface area contributed by atoms with Crippen LogP contribution in [-0.2, 0) is 9.53 Å². The number of carbonyl (C=O) groups excluding carboxylic acids is 1. The highest BCUT2D eigenvalue weighted by molar-refractivity contribution is 6.21. The van der Waals surface area contributed by atoms with Gasteiger partial charge in [-0.05, 0) is 6.42 Å². The summed E-state index contributed by atoms with van der Waals surface area (Å²) < 4.78 is 5.05. The molecule has 0 atom stereocenters. The van der Waals surface area contributed by atoms with E-state index in [-0.39, 0.29) is 23.8 Å². The monoisotopic (exact) mass is 254 g/mol.